The van der Waals surface area contributed by atoms with Crippen LogP contribution < -0.4 is 10.1 Å². The predicted octanol–water partition coefficient (Wildman–Crippen LogP) is 2.18. The Labute approximate surface area is 117 Å². The van der Waals surface area contributed by atoms with E-state index < -0.39 is 0 Å². The summed E-state index contributed by atoms with van der Waals surface area (Å²) in [5, 5.41) is 3.48. The molecule has 4 heteroatoms. The Morgan fingerprint density at radius 2 is 2.39 bits per heavy atom. The smallest absolute Gasteiger partial charge is 0.127 e. The van der Waals surface area contributed by atoms with Gasteiger partial charge in [-0.1, -0.05) is 15.9 Å². The molecule has 98 valence electrons. The van der Waals surface area contributed by atoms with Gasteiger partial charge in [0.2, 0.25) is 0 Å². The summed E-state index contributed by atoms with van der Waals surface area (Å²) in [4.78, 5) is 2.50. The third kappa shape index (κ3) is 2.56. The fraction of sp³-hybridized carbons (Fsp3) is 0.571. The van der Waals surface area contributed by atoms with Gasteiger partial charge in [-0.3, -0.25) is 4.90 Å². The maximum atomic E-state index is 5.79. The molecule has 1 saturated heterocycles. The second kappa shape index (κ2) is 5.19. The summed E-state index contributed by atoms with van der Waals surface area (Å²) in [6.07, 6.45) is 1.04. The minimum Gasteiger partial charge on any atom is -0.493 e. The van der Waals surface area contributed by atoms with Crippen molar-refractivity contribution < 1.29 is 4.74 Å². The Bertz CT molecular complexity index is 450. The molecule has 3 nitrogen and oxygen atoms in total. The van der Waals surface area contributed by atoms with Crippen molar-refractivity contribution in [2.24, 2.45) is 0 Å². The van der Waals surface area contributed by atoms with Crippen molar-refractivity contribution in [3.8, 4) is 5.75 Å². The number of nitrogens with one attached hydrogen (secondary N) is 1. The van der Waals surface area contributed by atoms with E-state index >= 15 is 0 Å². The van der Waals surface area contributed by atoms with Gasteiger partial charge in [0.1, 0.15) is 5.75 Å². The van der Waals surface area contributed by atoms with Crippen molar-refractivity contribution in [1.82, 2.24) is 10.2 Å². The van der Waals surface area contributed by atoms with E-state index in [4.69, 9.17) is 4.74 Å². The van der Waals surface area contributed by atoms with Crippen LogP contribution in [0.15, 0.2) is 16.6 Å². The highest BCUT2D eigenvalue weighted by molar-refractivity contribution is 9.10. The lowest BCUT2D eigenvalue weighted by atomic mass is 10.1. The Morgan fingerprint density at radius 1 is 1.50 bits per heavy atom. The first-order chi connectivity index (χ1) is 8.72. The van der Waals surface area contributed by atoms with Gasteiger partial charge in [0.25, 0.3) is 0 Å². The molecule has 1 N–H and O–H groups in total. The standard InChI is InChI=1S/C14H19BrN2O/c1-10-8-17(4-3-16-10)9-12-7-13(15)6-11-2-5-18-14(11)12/h6-7,10,16H,2-5,8-9H2,1H3/t10-/m1/s1. The van der Waals surface area contributed by atoms with E-state index in [1.54, 1.807) is 0 Å². The Kier molecular flexibility index (Phi) is 3.59. The highest BCUT2D eigenvalue weighted by Crippen LogP contribution is 2.33. The number of hydrogen-bond donors (Lipinski definition) is 1. The fourth-order valence-electron chi connectivity index (χ4n) is 2.86. The molecule has 1 aromatic carbocycles. The summed E-state index contributed by atoms with van der Waals surface area (Å²) in [6, 6.07) is 4.98. The SMILES string of the molecule is C[C@@H]1CN(Cc2cc(Br)cc3c2OCC3)CCN1. The van der Waals surface area contributed by atoms with Gasteiger partial charge < -0.3 is 10.1 Å². The summed E-state index contributed by atoms with van der Waals surface area (Å²) in [6.45, 7) is 7.38. The Hall–Kier alpha value is -0.580. The first-order valence-corrected chi connectivity index (χ1v) is 7.41. The minimum atomic E-state index is 0.583. The minimum absolute atomic E-state index is 0.583. The zero-order valence-corrected chi connectivity index (χ0v) is 12.3. The molecule has 2 aliphatic rings. The molecule has 2 heterocycles. The van der Waals surface area contributed by atoms with Crippen LogP contribution in [0.4, 0.5) is 0 Å². The van der Waals surface area contributed by atoms with E-state index in [2.05, 4.69) is 45.2 Å². The molecule has 0 saturated carbocycles. The number of halogens is 1. The van der Waals surface area contributed by atoms with Gasteiger partial charge in [-0.25, -0.2) is 0 Å². The average Bonchev–Trinajstić information content (AvgIpc) is 2.77. The third-order valence-corrected chi connectivity index (χ3v) is 4.13. The van der Waals surface area contributed by atoms with Crippen molar-refractivity contribution in [2.75, 3.05) is 26.2 Å². The second-order valence-corrected chi connectivity index (χ2v) is 6.16. The molecule has 0 radical (unpaired) electrons. The van der Waals surface area contributed by atoms with E-state index in [-0.39, 0.29) is 0 Å². The van der Waals surface area contributed by atoms with Crippen LogP contribution in [0.25, 0.3) is 0 Å². The van der Waals surface area contributed by atoms with E-state index in [9.17, 15) is 0 Å². The monoisotopic (exact) mass is 310 g/mol. The molecule has 0 unspecified atom stereocenters. The van der Waals surface area contributed by atoms with Gasteiger partial charge in [-0.15, -0.1) is 0 Å². The van der Waals surface area contributed by atoms with Crippen LogP contribution in [0, 0.1) is 0 Å². The van der Waals surface area contributed by atoms with Gasteiger partial charge in [-0.05, 0) is 24.6 Å². The molecule has 0 aromatic heterocycles. The van der Waals surface area contributed by atoms with Crippen LogP contribution in [-0.4, -0.2) is 37.2 Å². The number of piperazine rings is 1. The molecule has 0 aliphatic carbocycles. The van der Waals surface area contributed by atoms with Crippen LogP contribution in [0.5, 0.6) is 5.75 Å². The van der Waals surface area contributed by atoms with Crippen LogP contribution in [-0.2, 0) is 13.0 Å². The first-order valence-electron chi connectivity index (χ1n) is 6.62. The number of fused-ring (bicyclic) bond motifs is 1. The van der Waals surface area contributed by atoms with Gasteiger partial charge in [0.15, 0.2) is 0 Å². The number of ether oxygens (including phenoxy) is 1. The molecule has 0 amide bonds. The number of benzene rings is 1. The molecule has 0 spiro atoms. The van der Waals surface area contributed by atoms with Crippen LogP contribution >= 0.6 is 15.9 Å². The van der Waals surface area contributed by atoms with Crippen molar-refractivity contribution in [3.63, 3.8) is 0 Å². The molecular weight excluding hydrogens is 292 g/mol. The first kappa shape index (κ1) is 12.5. The molecule has 18 heavy (non-hydrogen) atoms. The van der Waals surface area contributed by atoms with E-state index in [1.165, 1.54) is 15.6 Å². The highest BCUT2D eigenvalue weighted by atomic mass is 79.9. The molecular formula is C14H19BrN2O. The number of hydrogen-bond acceptors (Lipinski definition) is 3. The number of rotatable bonds is 2. The lowest BCUT2D eigenvalue weighted by Crippen LogP contribution is -2.48. The van der Waals surface area contributed by atoms with Gasteiger partial charge in [-0.2, -0.15) is 0 Å². The maximum absolute atomic E-state index is 5.79. The van der Waals surface area contributed by atoms with E-state index in [0.717, 1.165) is 45.0 Å². The van der Waals surface area contributed by atoms with Crippen molar-refractivity contribution in [1.29, 1.82) is 0 Å². The lowest BCUT2D eigenvalue weighted by molar-refractivity contribution is 0.197. The van der Waals surface area contributed by atoms with Crippen LogP contribution in [0.1, 0.15) is 18.1 Å². The zero-order chi connectivity index (χ0) is 12.5. The summed E-state index contributed by atoms with van der Waals surface area (Å²) in [5.74, 6) is 1.13. The summed E-state index contributed by atoms with van der Waals surface area (Å²) in [7, 11) is 0. The molecule has 3 rings (SSSR count). The van der Waals surface area contributed by atoms with Crippen molar-refractivity contribution in [3.05, 3.63) is 27.7 Å². The zero-order valence-electron chi connectivity index (χ0n) is 10.7. The maximum Gasteiger partial charge on any atom is 0.127 e. The second-order valence-electron chi connectivity index (χ2n) is 5.24. The van der Waals surface area contributed by atoms with Crippen LogP contribution in [0.2, 0.25) is 0 Å². The van der Waals surface area contributed by atoms with Crippen molar-refractivity contribution in [2.45, 2.75) is 25.9 Å². The summed E-state index contributed by atoms with van der Waals surface area (Å²) < 4.78 is 6.96. The summed E-state index contributed by atoms with van der Waals surface area (Å²) >= 11 is 3.61. The molecule has 0 bridgehead atoms. The Balaban J connectivity index is 1.80. The topological polar surface area (TPSA) is 24.5 Å². The van der Waals surface area contributed by atoms with Crippen molar-refractivity contribution >= 4 is 15.9 Å². The quantitative estimate of drug-likeness (QED) is 0.906. The largest absolute Gasteiger partial charge is 0.493 e. The fourth-order valence-corrected chi connectivity index (χ4v) is 3.41. The molecule has 2 aliphatic heterocycles. The highest BCUT2D eigenvalue weighted by Gasteiger charge is 2.21. The molecule has 1 aromatic rings. The van der Waals surface area contributed by atoms with Crippen LogP contribution in [0.3, 0.4) is 0 Å². The predicted molar refractivity (Wildman–Crippen MR) is 76.1 cm³/mol. The normalized spacial score (nSPS) is 23.8. The summed E-state index contributed by atoms with van der Waals surface area (Å²) in [5.41, 5.74) is 2.67. The average molecular weight is 311 g/mol. The van der Waals surface area contributed by atoms with Gasteiger partial charge in [0, 0.05) is 48.7 Å². The van der Waals surface area contributed by atoms with E-state index in [1.807, 2.05) is 0 Å². The van der Waals surface area contributed by atoms with Gasteiger partial charge in [0.05, 0.1) is 6.61 Å². The Morgan fingerprint density at radius 3 is 3.22 bits per heavy atom. The third-order valence-electron chi connectivity index (χ3n) is 3.67. The molecule has 1 fully saturated rings. The van der Waals surface area contributed by atoms with Gasteiger partial charge >= 0.3 is 0 Å². The number of nitrogens with zero attached hydrogens (tertiary/aromatic N) is 1. The lowest BCUT2D eigenvalue weighted by Gasteiger charge is -2.32. The van der Waals surface area contributed by atoms with E-state index in [0.29, 0.717) is 6.04 Å². The molecule has 1 atom stereocenters.